The molecule has 0 fully saturated rings. The summed E-state index contributed by atoms with van der Waals surface area (Å²) in [5, 5.41) is 11.7. The SMILES string of the molecule is COCC(COC)Nc1cnc(C(=O)O)cn1. The fourth-order valence-electron chi connectivity index (χ4n) is 1.26. The number of aromatic carboxylic acids is 1. The van der Waals surface area contributed by atoms with E-state index in [2.05, 4.69) is 15.3 Å². The molecule has 0 radical (unpaired) electrons. The lowest BCUT2D eigenvalue weighted by Crippen LogP contribution is -2.30. The van der Waals surface area contributed by atoms with Crippen LogP contribution in [0.1, 0.15) is 10.5 Å². The minimum absolute atomic E-state index is 0.0602. The first-order valence-electron chi connectivity index (χ1n) is 4.97. The van der Waals surface area contributed by atoms with E-state index in [9.17, 15) is 4.79 Å². The van der Waals surface area contributed by atoms with Crippen LogP contribution in [-0.4, -0.2) is 54.5 Å². The molecule has 1 heterocycles. The molecule has 2 N–H and O–H groups in total. The van der Waals surface area contributed by atoms with Crippen molar-refractivity contribution in [1.29, 1.82) is 0 Å². The number of anilines is 1. The van der Waals surface area contributed by atoms with Crippen LogP contribution in [0.5, 0.6) is 0 Å². The van der Waals surface area contributed by atoms with E-state index >= 15 is 0 Å². The minimum atomic E-state index is -1.10. The van der Waals surface area contributed by atoms with Crippen LogP contribution >= 0.6 is 0 Å². The molecule has 0 spiro atoms. The van der Waals surface area contributed by atoms with Gasteiger partial charge in [-0.05, 0) is 0 Å². The first-order chi connectivity index (χ1) is 8.17. The van der Waals surface area contributed by atoms with Gasteiger partial charge in [-0.25, -0.2) is 14.8 Å². The molecular formula is C10H15N3O4. The number of hydrogen-bond donors (Lipinski definition) is 2. The van der Waals surface area contributed by atoms with Crippen molar-refractivity contribution in [3.8, 4) is 0 Å². The summed E-state index contributed by atoms with van der Waals surface area (Å²) in [5.74, 6) is -0.622. The predicted octanol–water partition coefficient (Wildman–Crippen LogP) is 0.248. The summed E-state index contributed by atoms with van der Waals surface area (Å²) in [6.45, 7) is 0.909. The Hall–Kier alpha value is -1.73. The van der Waals surface area contributed by atoms with Gasteiger partial charge in [-0.15, -0.1) is 0 Å². The molecule has 17 heavy (non-hydrogen) atoms. The maximum atomic E-state index is 10.6. The molecule has 1 rings (SSSR count). The molecule has 0 aliphatic rings. The van der Waals surface area contributed by atoms with Crippen molar-refractivity contribution < 1.29 is 19.4 Å². The molecule has 94 valence electrons. The van der Waals surface area contributed by atoms with Crippen LogP contribution in [0, 0.1) is 0 Å². The van der Waals surface area contributed by atoms with Crippen molar-refractivity contribution in [3.05, 3.63) is 18.1 Å². The fourth-order valence-corrected chi connectivity index (χ4v) is 1.26. The van der Waals surface area contributed by atoms with E-state index in [4.69, 9.17) is 14.6 Å². The number of methoxy groups -OCH3 is 2. The lowest BCUT2D eigenvalue weighted by Gasteiger charge is -2.17. The standard InChI is InChI=1S/C10H15N3O4/c1-16-5-7(6-17-2)13-9-4-11-8(3-12-9)10(14)15/h3-4,7H,5-6H2,1-2H3,(H,12,13)(H,14,15). The van der Waals surface area contributed by atoms with Crippen LogP contribution in [0.15, 0.2) is 12.4 Å². The van der Waals surface area contributed by atoms with Crippen LogP contribution in [0.25, 0.3) is 0 Å². The maximum absolute atomic E-state index is 10.6. The lowest BCUT2D eigenvalue weighted by molar-refractivity contribution is 0.0690. The first-order valence-corrected chi connectivity index (χ1v) is 4.97. The Morgan fingerprint density at radius 2 is 2.00 bits per heavy atom. The molecule has 7 nitrogen and oxygen atoms in total. The van der Waals surface area contributed by atoms with Gasteiger partial charge < -0.3 is 19.9 Å². The fraction of sp³-hybridized carbons (Fsp3) is 0.500. The van der Waals surface area contributed by atoms with Gasteiger partial charge in [-0.2, -0.15) is 0 Å². The minimum Gasteiger partial charge on any atom is -0.476 e. The molecule has 0 unspecified atom stereocenters. The molecule has 0 saturated heterocycles. The molecule has 0 saturated carbocycles. The monoisotopic (exact) mass is 241 g/mol. The number of nitrogens with one attached hydrogen (secondary N) is 1. The van der Waals surface area contributed by atoms with Gasteiger partial charge in [-0.3, -0.25) is 0 Å². The van der Waals surface area contributed by atoms with Crippen LogP contribution in [0.3, 0.4) is 0 Å². The number of ether oxygens (including phenoxy) is 2. The van der Waals surface area contributed by atoms with E-state index < -0.39 is 5.97 Å². The third-order valence-corrected chi connectivity index (χ3v) is 1.96. The van der Waals surface area contributed by atoms with Gasteiger partial charge in [0.25, 0.3) is 0 Å². The zero-order valence-electron chi connectivity index (χ0n) is 9.71. The Morgan fingerprint density at radius 1 is 1.35 bits per heavy atom. The highest BCUT2D eigenvalue weighted by Gasteiger charge is 2.10. The van der Waals surface area contributed by atoms with Crippen molar-refractivity contribution in [2.75, 3.05) is 32.8 Å². The predicted molar refractivity (Wildman–Crippen MR) is 60.2 cm³/mol. The summed E-state index contributed by atoms with van der Waals surface area (Å²) in [6, 6.07) is -0.0602. The molecule has 0 aliphatic carbocycles. The second-order valence-corrected chi connectivity index (χ2v) is 3.34. The summed E-state index contributed by atoms with van der Waals surface area (Å²) in [5.41, 5.74) is -0.0921. The van der Waals surface area contributed by atoms with Gasteiger partial charge in [0.05, 0.1) is 31.6 Å². The van der Waals surface area contributed by atoms with E-state index in [1.54, 1.807) is 14.2 Å². The van der Waals surface area contributed by atoms with Crippen LogP contribution in [0.2, 0.25) is 0 Å². The zero-order chi connectivity index (χ0) is 12.7. The molecule has 7 heteroatoms. The van der Waals surface area contributed by atoms with E-state index in [0.29, 0.717) is 19.0 Å². The molecule has 0 amide bonds. The van der Waals surface area contributed by atoms with E-state index in [-0.39, 0.29) is 11.7 Å². The van der Waals surface area contributed by atoms with Gasteiger partial charge in [0, 0.05) is 14.2 Å². The van der Waals surface area contributed by atoms with Crippen LogP contribution < -0.4 is 5.32 Å². The lowest BCUT2D eigenvalue weighted by atomic mass is 10.3. The van der Waals surface area contributed by atoms with Crippen molar-refractivity contribution >= 4 is 11.8 Å². The van der Waals surface area contributed by atoms with Crippen LogP contribution in [-0.2, 0) is 9.47 Å². The number of carboxylic acid groups (broad SMARTS) is 1. The summed E-state index contributed by atoms with van der Waals surface area (Å²) < 4.78 is 10.0. The third kappa shape index (κ3) is 4.33. The summed E-state index contributed by atoms with van der Waals surface area (Å²) in [7, 11) is 3.17. The third-order valence-electron chi connectivity index (χ3n) is 1.96. The second-order valence-electron chi connectivity index (χ2n) is 3.34. The number of carboxylic acids is 1. The molecular weight excluding hydrogens is 226 g/mol. The topological polar surface area (TPSA) is 93.6 Å². The average molecular weight is 241 g/mol. The molecule has 0 aliphatic heterocycles. The van der Waals surface area contributed by atoms with E-state index in [1.165, 1.54) is 12.4 Å². The number of carbonyl (C=O) groups is 1. The largest absolute Gasteiger partial charge is 0.476 e. The zero-order valence-corrected chi connectivity index (χ0v) is 9.71. The maximum Gasteiger partial charge on any atom is 0.356 e. The summed E-state index contributed by atoms with van der Waals surface area (Å²) in [6.07, 6.45) is 2.56. The highest BCUT2D eigenvalue weighted by molar-refractivity contribution is 5.84. The number of rotatable bonds is 7. The Labute approximate surface area is 98.8 Å². The smallest absolute Gasteiger partial charge is 0.356 e. The van der Waals surface area contributed by atoms with Crippen molar-refractivity contribution in [2.45, 2.75) is 6.04 Å². The molecule has 0 atom stereocenters. The van der Waals surface area contributed by atoms with Gasteiger partial charge in [0.1, 0.15) is 5.82 Å². The van der Waals surface area contributed by atoms with Crippen LogP contribution in [0.4, 0.5) is 5.82 Å². The second kappa shape index (κ2) is 6.77. The normalized spacial score (nSPS) is 10.5. The highest BCUT2D eigenvalue weighted by atomic mass is 16.5. The van der Waals surface area contributed by atoms with Gasteiger partial charge in [0.2, 0.25) is 0 Å². The Balaban J connectivity index is 2.62. The van der Waals surface area contributed by atoms with E-state index in [0.717, 1.165) is 0 Å². The molecule has 0 bridgehead atoms. The first kappa shape index (κ1) is 13.3. The summed E-state index contributed by atoms with van der Waals surface area (Å²) >= 11 is 0. The summed E-state index contributed by atoms with van der Waals surface area (Å²) in [4.78, 5) is 18.3. The number of hydrogen-bond acceptors (Lipinski definition) is 6. The molecule has 1 aromatic rings. The Bertz CT molecular complexity index is 349. The molecule has 1 aromatic heterocycles. The quantitative estimate of drug-likeness (QED) is 0.706. The Kier molecular flexibility index (Phi) is 5.31. The van der Waals surface area contributed by atoms with Gasteiger partial charge in [0.15, 0.2) is 5.69 Å². The van der Waals surface area contributed by atoms with E-state index in [1.807, 2.05) is 0 Å². The van der Waals surface area contributed by atoms with Crippen molar-refractivity contribution in [3.63, 3.8) is 0 Å². The van der Waals surface area contributed by atoms with Gasteiger partial charge >= 0.3 is 5.97 Å². The highest BCUT2D eigenvalue weighted by Crippen LogP contribution is 2.04. The number of aromatic nitrogens is 2. The Morgan fingerprint density at radius 3 is 2.41 bits per heavy atom. The average Bonchev–Trinajstić information content (AvgIpc) is 2.30. The molecule has 0 aromatic carbocycles. The van der Waals surface area contributed by atoms with Crippen molar-refractivity contribution in [1.82, 2.24) is 9.97 Å². The van der Waals surface area contributed by atoms with Gasteiger partial charge in [-0.1, -0.05) is 0 Å². The number of nitrogens with zero attached hydrogens (tertiary/aromatic N) is 2. The van der Waals surface area contributed by atoms with Crippen molar-refractivity contribution in [2.24, 2.45) is 0 Å².